The second-order valence-corrected chi connectivity index (χ2v) is 5.41. The SMILES string of the molecule is COc1ccc(Sc2nc(C)cc(C)c2C(=O)O)cc1. The molecule has 0 atom stereocenters. The van der Waals surface area contributed by atoms with Crippen molar-refractivity contribution in [2.45, 2.75) is 23.8 Å². The Morgan fingerprint density at radius 3 is 2.45 bits per heavy atom. The highest BCUT2D eigenvalue weighted by atomic mass is 32.2. The highest BCUT2D eigenvalue weighted by Crippen LogP contribution is 2.31. The molecule has 0 unspecified atom stereocenters. The van der Waals surface area contributed by atoms with Gasteiger partial charge in [0, 0.05) is 10.6 Å². The Labute approximate surface area is 121 Å². The molecule has 0 fully saturated rings. The number of carboxylic acid groups (broad SMARTS) is 1. The molecule has 0 aliphatic rings. The third-order valence-electron chi connectivity index (χ3n) is 2.80. The number of ether oxygens (including phenoxy) is 1. The standard InChI is InChI=1S/C15H15NO3S/c1-9-8-10(2)16-14(13(9)15(17)18)20-12-6-4-11(19-3)5-7-12/h4-8H,1-3H3,(H,17,18). The Hall–Kier alpha value is -2.01. The number of benzene rings is 1. The summed E-state index contributed by atoms with van der Waals surface area (Å²) in [6, 6.07) is 9.22. The molecule has 20 heavy (non-hydrogen) atoms. The molecular weight excluding hydrogens is 274 g/mol. The van der Waals surface area contributed by atoms with Crippen LogP contribution in [0.3, 0.4) is 0 Å². The van der Waals surface area contributed by atoms with Gasteiger partial charge in [-0.1, -0.05) is 11.8 Å². The summed E-state index contributed by atoms with van der Waals surface area (Å²) in [7, 11) is 1.61. The van der Waals surface area contributed by atoms with Crippen LogP contribution in [-0.4, -0.2) is 23.2 Å². The minimum absolute atomic E-state index is 0.261. The average Bonchev–Trinajstić information content (AvgIpc) is 2.38. The molecule has 2 aromatic rings. The number of hydrogen-bond donors (Lipinski definition) is 1. The Kier molecular flexibility index (Phi) is 4.29. The zero-order valence-corrected chi connectivity index (χ0v) is 12.3. The monoisotopic (exact) mass is 289 g/mol. The smallest absolute Gasteiger partial charge is 0.338 e. The summed E-state index contributed by atoms with van der Waals surface area (Å²) in [4.78, 5) is 16.6. The molecule has 0 aliphatic carbocycles. The quantitative estimate of drug-likeness (QED) is 0.932. The summed E-state index contributed by atoms with van der Waals surface area (Å²) in [5.74, 6) is -0.188. The normalized spacial score (nSPS) is 10.3. The molecule has 0 spiro atoms. The van der Waals surface area contributed by atoms with Crippen LogP contribution in [0.4, 0.5) is 0 Å². The number of aromatic carboxylic acids is 1. The minimum atomic E-state index is -0.953. The molecule has 0 aliphatic heterocycles. The number of aryl methyl sites for hydroxylation is 2. The summed E-state index contributed by atoms with van der Waals surface area (Å²) in [5.41, 5.74) is 1.79. The molecule has 1 heterocycles. The van der Waals surface area contributed by atoms with Gasteiger partial charge in [0.25, 0.3) is 0 Å². The third kappa shape index (κ3) is 3.11. The molecule has 0 radical (unpaired) electrons. The maximum atomic E-state index is 11.4. The number of hydrogen-bond acceptors (Lipinski definition) is 4. The van der Waals surface area contributed by atoms with Crippen molar-refractivity contribution in [3.63, 3.8) is 0 Å². The van der Waals surface area contributed by atoms with Crippen LogP contribution in [0.2, 0.25) is 0 Å². The van der Waals surface area contributed by atoms with Crippen LogP contribution >= 0.6 is 11.8 Å². The molecule has 0 saturated carbocycles. The van der Waals surface area contributed by atoms with E-state index in [2.05, 4.69) is 4.98 Å². The number of aromatic nitrogens is 1. The van der Waals surface area contributed by atoms with E-state index in [-0.39, 0.29) is 5.56 Å². The Balaban J connectivity index is 2.39. The predicted molar refractivity (Wildman–Crippen MR) is 77.8 cm³/mol. The summed E-state index contributed by atoms with van der Waals surface area (Å²) >= 11 is 1.34. The fourth-order valence-corrected chi connectivity index (χ4v) is 2.93. The lowest BCUT2D eigenvalue weighted by molar-refractivity contribution is 0.0691. The van der Waals surface area contributed by atoms with Gasteiger partial charge in [-0.2, -0.15) is 0 Å². The van der Waals surface area contributed by atoms with E-state index in [4.69, 9.17) is 4.74 Å². The van der Waals surface area contributed by atoms with Gasteiger partial charge in [-0.3, -0.25) is 0 Å². The molecule has 104 valence electrons. The topological polar surface area (TPSA) is 59.4 Å². The Bertz CT molecular complexity index is 638. The van der Waals surface area contributed by atoms with Gasteiger partial charge in [0.15, 0.2) is 0 Å². The average molecular weight is 289 g/mol. The second-order valence-electron chi connectivity index (χ2n) is 4.34. The minimum Gasteiger partial charge on any atom is -0.497 e. The summed E-state index contributed by atoms with van der Waals surface area (Å²) in [5, 5.41) is 9.84. The summed E-state index contributed by atoms with van der Waals surface area (Å²) < 4.78 is 5.10. The number of carbonyl (C=O) groups is 1. The van der Waals surface area contributed by atoms with Gasteiger partial charge in [-0.25, -0.2) is 9.78 Å². The number of pyridine rings is 1. The lowest BCUT2D eigenvalue weighted by atomic mass is 10.1. The Morgan fingerprint density at radius 2 is 1.90 bits per heavy atom. The number of nitrogens with zero attached hydrogens (tertiary/aromatic N) is 1. The molecule has 0 saturated heterocycles. The molecule has 5 heteroatoms. The largest absolute Gasteiger partial charge is 0.497 e. The van der Waals surface area contributed by atoms with E-state index in [0.29, 0.717) is 5.03 Å². The molecule has 4 nitrogen and oxygen atoms in total. The maximum absolute atomic E-state index is 11.4. The van der Waals surface area contributed by atoms with Gasteiger partial charge < -0.3 is 9.84 Å². The molecule has 1 N–H and O–H groups in total. The van der Waals surface area contributed by atoms with Crippen molar-refractivity contribution in [3.05, 3.63) is 47.2 Å². The first-order chi connectivity index (χ1) is 9.51. The van der Waals surface area contributed by atoms with Gasteiger partial charge >= 0.3 is 5.97 Å². The maximum Gasteiger partial charge on any atom is 0.338 e. The van der Waals surface area contributed by atoms with Gasteiger partial charge in [0.2, 0.25) is 0 Å². The zero-order valence-electron chi connectivity index (χ0n) is 11.5. The van der Waals surface area contributed by atoms with Crippen LogP contribution in [0.15, 0.2) is 40.3 Å². The first kappa shape index (κ1) is 14.4. The molecular formula is C15H15NO3S. The number of carboxylic acids is 1. The van der Waals surface area contributed by atoms with Crippen molar-refractivity contribution < 1.29 is 14.6 Å². The molecule has 2 rings (SSSR count). The third-order valence-corrected chi connectivity index (χ3v) is 3.80. The predicted octanol–water partition coefficient (Wildman–Crippen LogP) is 3.56. The zero-order chi connectivity index (χ0) is 14.7. The van der Waals surface area contributed by atoms with Crippen LogP contribution in [-0.2, 0) is 0 Å². The van der Waals surface area contributed by atoms with Crippen molar-refractivity contribution in [1.29, 1.82) is 0 Å². The summed E-state index contributed by atoms with van der Waals surface area (Å²) in [6.07, 6.45) is 0. The number of rotatable bonds is 4. The van der Waals surface area contributed by atoms with Crippen molar-refractivity contribution in [1.82, 2.24) is 4.98 Å². The van der Waals surface area contributed by atoms with Crippen molar-refractivity contribution >= 4 is 17.7 Å². The van der Waals surface area contributed by atoms with Gasteiger partial charge in [-0.05, 0) is 49.7 Å². The van der Waals surface area contributed by atoms with E-state index in [0.717, 1.165) is 21.9 Å². The van der Waals surface area contributed by atoms with E-state index >= 15 is 0 Å². The van der Waals surface area contributed by atoms with Gasteiger partial charge in [-0.15, -0.1) is 0 Å². The fourth-order valence-electron chi connectivity index (χ4n) is 1.89. The first-order valence-corrected chi connectivity index (χ1v) is 6.86. The molecule has 0 bridgehead atoms. The Morgan fingerprint density at radius 1 is 1.25 bits per heavy atom. The van der Waals surface area contributed by atoms with Crippen molar-refractivity contribution in [2.24, 2.45) is 0 Å². The van der Waals surface area contributed by atoms with E-state index in [1.807, 2.05) is 31.2 Å². The van der Waals surface area contributed by atoms with Gasteiger partial charge in [0.05, 0.1) is 12.7 Å². The first-order valence-electron chi connectivity index (χ1n) is 6.04. The van der Waals surface area contributed by atoms with Crippen molar-refractivity contribution in [2.75, 3.05) is 7.11 Å². The van der Waals surface area contributed by atoms with Crippen LogP contribution in [0.5, 0.6) is 5.75 Å². The lowest BCUT2D eigenvalue weighted by Crippen LogP contribution is -2.05. The molecule has 0 amide bonds. The second kappa shape index (κ2) is 5.96. The summed E-state index contributed by atoms with van der Waals surface area (Å²) in [6.45, 7) is 3.65. The van der Waals surface area contributed by atoms with Crippen LogP contribution in [0, 0.1) is 13.8 Å². The van der Waals surface area contributed by atoms with E-state index < -0.39 is 5.97 Å². The van der Waals surface area contributed by atoms with E-state index in [9.17, 15) is 9.90 Å². The highest BCUT2D eigenvalue weighted by molar-refractivity contribution is 7.99. The number of methoxy groups -OCH3 is 1. The van der Waals surface area contributed by atoms with Crippen molar-refractivity contribution in [3.8, 4) is 5.75 Å². The van der Waals surface area contributed by atoms with E-state index in [1.165, 1.54) is 11.8 Å². The van der Waals surface area contributed by atoms with Crippen LogP contribution < -0.4 is 4.74 Å². The van der Waals surface area contributed by atoms with Crippen LogP contribution in [0.1, 0.15) is 21.6 Å². The van der Waals surface area contributed by atoms with Gasteiger partial charge in [0.1, 0.15) is 10.8 Å². The molecule has 1 aromatic heterocycles. The highest BCUT2D eigenvalue weighted by Gasteiger charge is 2.16. The van der Waals surface area contributed by atoms with Crippen LogP contribution in [0.25, 0.3) is 0 Å². The molecule has 1 aromatic carbocycles. The lowest BCUT2D eigenvalue weighted by Gasteiger charge is -2.09. The van der Waals surface area contributed by atoms with E-state index in [1.54, 1.807) is 20.1 Å². The fraction of sp³-hybridized carbons (Fsp3) is 0.200.